The summed E-state index contributed by atoms with van der Waals surface area (Å²) in [7, 11) is 0. The average molecular weight is 226 g/mol. The maximum absolute atomic E-state index is 5.42. The number of nitrogens with two attached hydrogens (primary N) is 1. The lowest BCUT2D eigenvalue weighted by Crippen LogP contribution is -1.95. The lowest BCUT2D eigenvalue weighted by molar-refractivity contribution is 0.507. The zero-order valence-electron chi connectivity index (χ0n) is 9.00. The summed E-state index contributed by atoms with van der Waals surface area (Å²) in [5.41, 5.74) is 6.98. The first kappa shape index (κ1) is 9.92. The van der Waals surface area contributed by atoms with Crippen LogP contribution in [0, 0.1) is 0 Å². The van der Waals surface area contributed by atoms with E-state index in [1.807, 2.05) is 36.4 Å². The van der Waals surface area contributed by atoms with Gasteiger partial charge < -0.3 is 10.2 Å². The molecule has 84 valence electrons. The van der Waals surface area contributed by atoms with E-state index in [-0.39, 0.29) is 6.54 Å². The standard InChI is InChI=1S/C12H10N4O/c13-7-11-15-16-12(17-11)10-6-5-8-3-1-2-4-9(8)14-10/h1-6H,7,13H2. The summed E-state index contributed by atoms with van der Waals surface area (Å²) in [4.78, 5) is 4.46. The molecule has 0 saturated heterocycles. The Kier molecular flexibility index (Phi) is 2.31. The maximum Gasteiger partial charge on any atom is 0.266 e. The number of hydrogen-bond donors (Lipinski definition) is 1. The predicted molar refractivity (Wildman–Crippen MR) is 62.9 cm³/mol. The lowest BCUT2D eigenvalue weighted by Gasteiger charge is -1.98. The van der Waals surface area contributed by atoms with Gasteiger partial charge in [0, 0.05) is 5.39 Å². The molecular weight excluding hydrogens is 216 g/mol. The molecule has 0 fully saturated rings. The molecule has 17 heavy (non-hydrogen) atoms. The minimum Gasteiger partial charge on any atom is -0.418 e. The second kappa shape index (κ2) is 3.95. The Balaban J connectivity index is 2.11. The third-order valence-electron chi connectivity index (χ3n) is 2.46. The zero-order valence-corrected chi connectivity index (χ0v) is 9.00. The zero-order chi connectivity index (χ0) is 11.7. The number of para-hydroxylation sites is 1. The molecule has 1 aromatic carbocycles. The Labute approximate surface area is 97.3 Å². The molecule has 2 N–H and O–H groups in total. The van der Waals surface area contributed by atoms with Crippen LogP contribution >= 0.6 is 0 Å². The van der Waals surface area contributed by atoms with Crippen molar-refractivity contribution in [2.24, 2.45) is 5.73 Å². The van der Waals surface area contributed by atoms with Crippen LogP contribution in [0.4, 0.5) is 0 Å². The Morgan fingerprint density at radius 3 is 2.76 bits per heavy atom. The molecular formula is C12H10N4O. The molecule has 0 aliphatic heterocycles. The summed E-state index contributed by atoms with van der Waals surface area (Å²) in [5, 5.41) is 8.79. The van der Waals surface area contributed by atoms with Crippen LogP contribution in [0.5, 0.6) is 0 Å². The topological polar surface area (TPSA) is 77.8 Å². The summed E-state index contributed by atoms with van der Waals surface area (Å²) in [6, 6.07) is 11.7. The van der Waals surface area contributed by atoms with Gasteiger partial charge in [0.25, 0.3) is 5.89 Å². The first-order valence-corrected chi connectivity index (χ1v) is 5.25. The fraction of sp³-hybridized carbons (Fsp3) is 0.0833. The van der Waals surface area contributed by atoms with E-state index in [1.54, 1.807) is 0 Å². The minimum atomic E-state index is 0.237. The van der Waals surface area contributed by atoms with E-state index >= 15 is 0 Å². The minimum absolute atomic E-state index is 0.237. The normalized spacial score (nSPS) is 10.9. The SMILES string of the molecule is NCc1nnc(-c2ccc3ccccc3n2)o1. The molecule has 0 radical (unpaired) electrons. The highest BCUT2D eigenvalue weighted by Crippen LogP contribution is 2.19. The fourth-order valence-corrected chi connectivity index (χ4v) is 1.62. The number of hydrogen-bond acceptors (Lipinski definition) is 5. The molecule has 5 nitrogen and oxygen atoms in total. The van der Waals surface area contributed by atoms with Gasteiger partial charge in [-0.1, -0.05) is 24.3 Å². The van der Waals surface area contributed by atoms with E-state index in [9.17, 15) is 0 Å². The van der Waals surface area contributed by atoms with Crippen LogP contribution in [-0.4, -0.2) is 15.2 Å². The summed E-state index contributed by atoms with van der Waals surface area (Å²) in [5.74, 6) is 0.811. The van der Waals surface area contributed by atoms with Gasteiger partial charge in [0.1, 0.15) is 5.69 Å². The van der Waals surface area contributed by atoms with Crippen LogP contribution in [0.15, 0.2) is 40.8 Å². The molecule has 0 saturated carbocycles. The van der Waals surface area contributed by atoms with Gasteiger partial charge in [-0.25, -0.2) is 4.98 Å². The van der Waals surface area contributed by atoms with Gasteiger partial charge in [-0.2, -0.15) is 0 Å². The third kappa shape index (κ3) is 1.76. The summed E-state index contributed by atoms with van der Waals surface area (Å²) in [6.07, 6.45) is 0. The van der Waals surface area contributed by atoms with E-state index in [1.165, 1.54) is 0 Å². The number of pyridine rings is 1. The number of fused-ring (bicyclic) bond motifs is 1. The second-order valence-electron chi connectivity index (χ2n) is 3.59. The molecule has 0 atom stereocenters. The van der Waals surface area contributed by atoms with Crippen molar-refractivity contribution in [3.05, 3.63) is 42.3 Å². The van der Waals surface area contributed by atoms with Crippen LogP contribution in [0.3, 0.4) is 0 Å². The van der Waals surface area contributed by atoms with Crippen molar-refractivity contribution in [1.29, 1.82) is 0 Å². The van der Waals surface area contributed by atoms with E-state index < -0.39 is 0 Å². The molecule has 0 aliphatic rings. The van der Waals surface area contributed by atoms with Crippen molar-refractivity contribution < 1.29 is 4.42 Å². The molecule has 0 bridgehead atoms. The Morgan fingerprint density at radius 1 is 1.06 bits per heavy atom. The van der Waals surface area contributed by atoms with Crippen molar-refractivity contribution in [1.82, 2.24) is 15.2 Å². The molecule has 0 amide bonds. The number of aromatic nitrogens is 3. The van der Waals surface area contributed by atoms with Gasteiger partial charge in [0.15, 0.2) is 0 Å². The number of rotatable bonds is 2. The fourth-order valence-electron chi connectivity index (χ4n) is 1.62. The van der Waals surface area contributed by atoms with Crippen LogP contribution < -0.4 is 5.73 Å². The predicted octanol–water partition coefficient (Wildman–Crippen LogP) is 1.74. The van der Waals surface area contributed by atoms with Crippen LogP contribution in [0.25, 0.3) is 22.5 Å². The highest BCUT2D eigenvalue weighted by Gasteiger charge is 2.09. The molecule has 3 rings (SSSR count). The van der Waals surface area contributed by atoms with Crippen LogP contribution in [0.1, 0.15) is 5.89 Å². The van der Waals surface area contributed by atoms with E-state index in [2.05, 4.69) is 15.2 Å². The lowest BCUT2D eigenvalue weighted by atomic mass is 10.2. The van der Waals surface area contributed by atoms with Gasteiger partial charge in [0.2, 0.25) is 5.89 Å². The molecule has 2 aromatic heterocycles. The Bertz CT molecular complexity index is 662. The van der Waals surface area contributed by atoms with Gasteiger partial charge in [-0.3, -0.25) is 0 Å². The van der Waals surface area contributed by atoms with Crippen LogP contribution in [-0.2, 0) is 6.54 Å². The van der Waals surface area contributed by atoms with Crippen LogP contribution in [0.2, 0.25) is 0 Å². The molecule has 2 heterocycles. The average Bonchev–Trinajstić information content (AvgIpc) is 2.87. The molecule has 3 aromatic rings. The second-order valence-corrected chi connectivity index (χ2v) is 3.59. The molecule has 0 unspecified atom stereocenters. The van der Waals surface area contributed by atoms with Crippen molar-refractivity contribution in [3.63, 3.8) is 0 Å². The molecule has 0 aliphatic carbocycles. The smallest absolute Gasteiger partial charge is 0.266 e. The van der Waals surface area contributed by atoms with Gasteiger partial charge in [0.05, 0.1) is 12.1 Å². The quantitative estimate of drug-likeness (QED) is 0.720. The summed E-state index contributed by atoms with van der Waals surface area (Å²) < 4.78 is 5.36. The molecule has 0 spiro atoms. The van der Waals surface area contributed by atoms with Gasteiger partial charge in [-0.05, 0) is 12.1 Å². The van der Waals surface area contributed by atoms with E-state index in [0.717, 1.165) is 10.9 Å². The summed E-state index contributed by atoms with van der Waals surface area (Å²) in [6.45, 7) is 0.237. The highest BCUT2D eigenvalue weighted by molar-refractivity contribution is 5.80. The number of benzene rings is 1. The Hall–Kier alpha value is -2.27. The number of nitrogens with zero attached hydrogens (tertiary/aromatic N) is 3. The van der Waals surface area contributed by atoms with Gasteiger partial charge in [-0.15, -0.1) is 10.2 Å². The van der Waals surface area contributed by atoms with Gasteiger partial charge >= 0.3 is 0 Å². The van der Waals surface area contributed by atoms with Crippen molar-refractivity contribution >= 4 is 10.9 Å². The van der Waals surface area contributed by atoms with Crippen molar-refractivity contribution in [3.8, 4) is 11.6 Å². The summed E-state index contributed by atoms with van der Waals surface area (Å²) >= 11 is 0. The van der Waals surface area contributed by atoms with E-state index in [0.29, 0.717) is 17.5 Å². The first-order chi connectivity index (χ1) is 8.36. The highest BCUT2D eigenvalue weighted by atomic mass is 16.4. The molecule has 5 heteroatoms. The van der Waals surface area contributed by atoms with Crippen molar-refractivity contribution in [2.75, 3.05) is 0 Å². The van der Waals surface area contributed by atoms with Crippen molar-refractivity contribution in [2.45, 2.75) is 6.54 Å². The Morgan fingerprint density at radius 2 is 1.94 bits per heavy atom. The van der Waals surface area contributed by atoms with E-state index in [4.69, 9.17) is 10.2 Å². The maximum atomic E-state index is 5.42. The first-order valence-electron chi connectivity index (χ1n) is 5.25. The largest absolute Gasteiger partial charge is 0.418 e. The monoisotopic (exact) mass is 226 g/mol. The third-order valence-corrected chi connectivity index (χ3v) is 2.46.